The molecule has 2 aromatic carbocycles. The van der Waals surface area contributed by atoms with Gasteiger partial charge >= 0.3 is 0 Å². The molecular formula is C19H14BrClN2O3S2. The van der Waals surface area contributed by atoms with Crippen LogP contribution in [0.5, 0.6) is 5.75 Å². The first-order chi connectivity index (χ1) is 13.3. The largest absolute Gasteiger partial charge is 0.506 e. The number of nitrogens with zero attached hydrogens (tertiary/aromatic N) is 1. The number of anilines is 1. The lowest BCUT2D eigenvalue weighted by atomic mass is 10.2. The van der Waals surface area contributed by atoms with Gasteiger partial charge in [0.2, 0.25) is 5.91 Å². The van der Waals surface area contributed by atoms with Crippen molar-refractivity contribution in [3.05, 3.63) is 62.4 Å². The second-order valence-corrected chi connectivity index (χ2v) is 8.88. The van der Waals surface area contributed by atoms with Crippen LogP contribution in [0.4, 0.5) is 5.69 Å². The summed E-state index contributed by atoms with van der Waals surface area (Å²) in [6.45, 7) is 0.146. The van der Waals surface area contributed by atoms with Gasteiger partial charge in [0.25, 0.3) is 5.91 Å². The molecule has 1 heterocycles. The first-order valence-electron chi connectivity index (χ1n) is 8.13. The summed E-state index contributed by atoms with van der Waals surface area (Å²) in [5.41, 5.74) is 1.10. The molecule has 1 aliphatic rings. The number of nitrogens with one attached hydrogen (secondary N) is 1. The Morgan fingerprint density at radius 3 is 2.86 bits per heavy atom. The molecule has 0 aromatic heterocycles. The van der Waals surface area contributed by atoms with Crippen LogP contribution in [-0.4, -0.2) is 32.7 Å². The van der Waals surface area contributed by atoms with Crippen molar-refractivity contribution in [2.45, 2.75) is 6.42 Å². The monoisotopic (exact) mass is 496 g/mol. The highest BCUT2D eigenvalue weighted by atomic mass is 79.9. The van der Waals surface area contributed by atoms with Crippen molar-refractivity contribution < 1.29 is 14.7 Å². The second kappa shape index (κ2) is 9.09. The maximum absolute atomic E-state index is 12.6. The molecule has 144 valence electrons. The number of hydrogen-bond acceptors (Lipinski definition) is 5. The molecule has 0 atom stereocenters. The zero-order valence-electron chi connectivity index (χ0n) is 14.3. The lowest BCUT2D eigenvalue weighted by Gasteiger charge is -2.14. The topological polar surface area (TPSA) is 69.6 Å². The first kappa shape index (κ1) is 20.9. The van der Waals surface area contributed by atoms with Crippen molar-refractivity contribution in [3.63, 3.8) is 0 Å². The van der Waals surface area contributed by atoms with E-state index in [1.807, 2.05) is 24.3 Å². The number of benzene rings is 2. The summed E-state index contributed by atoms with van der Waals surface area (Å²) < 4.78 is 1.32. The molecule has 1 saturated heterocycles. The molecule has 0 unspecified atom stereocenters. The SMILES string of the molecule is O=C(CCN1C(=O)/C(=C/c2cccc(Br)c2)SC1=S)Nc1cc(Cl)ccc1O. The van der Waals surface area contributed by atoms with Crippen molar-refractivity contribution in [1.29, 1.82) is 0 Å². The molecular weight excluding hydrogens is 484 g/mol. The fourth-order valence-corrected chi connectivity index (χ4v) is 4.37. The Morgan fingerprint density at radius 2 is 2.11 bits per heavy atom. The normalized spacial score (nSPS) is 15.4. The standard InChI is InChI=1S/C19H14BrClN2O3S2/c20-12-3-1-2-11(8-12)9-16-18(26)23(19(27)28-16)7-6-17(25)22-14-10-13(21)4-5-15(14)24/h1-5,8-10,24H,6-7H2,(H,22,25)/b16-9-. The summed E-state index contributed by atoms with van der Waals surface area (Å²) in [5.74, 6) is -0.670. The van der Waals surface area contributed by atoms with Gasteiger partial charge in [0.05, 0.1) is 10.6 Å². The Morgan fingerprint density at radius 1 is 1.32 bits per heavy atom. The van der Waals surface area contributed by atoms with Crippen LogP contribution < -0.4 is 5.32 Å². The summed E-state index contributed by atoms with van der Waals surface area (Å²) in [6, 6.07) is 11.9. The predicted octanol–water partition coefficient (Wildman–Crippen LogP) is 5.04. The van der Waals surface area contributed by atoms with E-state index in [1.54, 1.807) is 6.08 Å². The van der Waals surface area contributed by atoms with Crippen LogP contribution in [0.15, 0.2) is 51.8 Å². The van der Waals surface area contributed by atoms with E-state index in [9.17, 15) is 14.7 Å². The highest BCUT2D eigenvalue weighted by Gasteiger charge is 2.32. The molecule has 2 amide bonds. The number of carbonyl (C=O) groups is 2. The molecule has 0 saturated carbocycles. The van der Waals surface area contributed by atoms with Crippen LogP contribution in [0.3, 0.4) is 0 Å². The minimum atomic E-state index is -0.359. The van der Waals surface area contributed by atoms with Gasteiger partial charge in [0.1, 0.15) is 10.1 Å². The molecule has 2 aromatic rings. The average Bonchev–Trinajstić information content (AvgIpc) is 2.90. The van der Waals surface area contributed by atoms with E-state index in [4.69, 9.17) is 23.8 Å². The summed E-state index contributed by atoms with van der Waals surface area (Å²) in [5, 5.41) is 12.7. The van der Waals surface area contributed by atoms with Crippen LogP contribution in [0, 0.1) is 0 Å². The number of phenols is 1. The Kier molecular flexibility index (Phi) is 6.77. The predicted molar refractivity (Wildman–Crippen MR) is 120 cm³/mol. The molecule has 9 heteroatoms. The van der Waals surface area contributed by atoms with E-state index in [1.165, 1.54) is 34.9 Å². The number of thioether (sulfide) groups is 1. The maximum atomic E-state index is 12.6. The van der Waals surface area contributed by atoms with E-state index in [2.05, 4.69) is 21.2 Å². The summed E-state index contributed by atoms with van der Waals surface area (Å²) >= 11 is 15.8. The van der Waals surface area contributed by atoms with Gasteiger partial charge in [0.15, 0.2) is 0 Å². The minimum Gasteiger partial charge on any atom is -0.506 e. The Balaban J connectivity index is 1.63. The zero-order chi connectivity index (χ0) is 20.3. The highest BCUT2D eigenvalue weighted by Crippen LogP contribution is 2.33. The number of carbonyl (C=O) groups excluding carboxylic acids is 2. The Hall–Kier alpha value is -1.87. The Bertz CT molecular complexity index is 997. The number of thiocarbonyl (C=S) groups is 1. The average molecular weight is 498 g/mol. The lowest BCUT2D eigenvalue weighted by molar-refractivity contribution is -0.122. The minimum absolute atomic E-state index is 0.0303. The highest BCUT2D eigenvalue weighted by molar-refractivity contribution is 9.10. The van der Waals surface area contributed by atoms with Crippen molar-refractivity contribution in [1.82, 2.24) is 4.90 Å². The smallest absolute Gasteiger partial charge is 0.266 e. The van der Waals surface area contributed by atoms with Crippen LogP contribution >= 0.6 is 51.5 Å². The number of aromatic hydroxyl groups is 1. The van der Waals surface area contributed by atoms with Crippen LogP contribution in [0.25, 0.3) is 6.08 Å². The molecule has 3 rings (SSSR count). The number of rotatable bonds is 5. The van der Waals surface area contributed by atoms with Crippen LogP contribution in [0.2, 0.25) is 5.02 Å². The lowest BCUT2D eigenvalue weighted by Crippen LogP contribution is -2.31. The molecule has 0 radical (unpaired) electrons. The fourth-order valence-electron chi connectivity index (χ4n) is 2.47. The van der Waals surface area contributed by atoms with Gasteiger partial charge in [-0.2, -0.15) is 0 Å². The van der Waals surface area contributed by atoms with Crippen molar-refractivity contribution >= 4 is 79.4 Å². The third-order valence-corrected chi connectivity index (χ3v) is 5.92. The summed E-state index contributed by atoms with van der Waals surface area (Å²) in [4.78, 5) is 26.7. The van der Waals surface area contributed by atoms with Gasteiger partial charge in [-0.1, -0.05) is 63.6 Å². The number of amides is 2. The van der Waals surface area contributed by atoms with E-state index < -0.39 is 0 Å². The molecule has 0 bridgehead atoms. The van der Waals surface area contributed by atoms with Gasteiger partial charge in [0, 0.05) is 22.5 Å². The molecule has 28 heavy (non-hydrogen) atoms. The molecule has 5 nitrogen and oxygen atoms in total. The second-order valence-electron chi connectivity index (χ2n) is 5.85. The van der Waals surface area contributed by atoms with Crippen LogP contribution in [0.1, 0.15) is 12.0 Å². The van der Waals surface area contributed by atoms with Gasteiger partial charge in [-0.15, -0.1) is 0 Å². The van der Waals surface area contributed by atoms with E-state index >= 15 is 0 Å². The van der Waals surface area contributed by atoms with Crippen LogP contribution in [-0.2, 0) is 9.59 Å². The van der Waals surface area contributed by atoms with Gasteiger partial charge in [-0.3, -0.25) is 14.5 Å². The van der Waals surface area contributed by atoms with E-state index in [-0.39, 0.29) is 36.2 Å². The van der Waals surface area contributed by atoms with Crippen molar-refractivity contribution in [3.8, 4) is 5.75 Å². The molecule has 0 aliphatic carbocycles. The quantitative estimate of drug-likeness (QED) is 0.344. The van der Waals surface area contributed by atoms with E-state index in [0.29, 0.717) is 14.2 Å². The van der Waals surface area contributed by atoms with Gasteiger partial charge < -0.3 is 10.4 Å². The van der Waals surface area contributed by atoms with Gasteiger partial charge in [-0.25, -0.2) is 0 Å². The summed E-state index contributed by atoms with van der Waals surface area (Å²) in [6.07, 6.45) is 1.80. The van der Waals surface area contributed by atoms with Crippen molar-refractivity contribution in [2.75, 3.05) is 11.9 Å². The van der Waals surface area contributed by atoms with Gasteiger partial charge in [-0.05, 0) is 42.0 Å². The number of hydrogen-bond donors (Lipinski definition) is 2. The number of phenolic OH excluding ortho intramolecular Hbond substituents is 1. The van der Waals surface area contributed by atoms with E-state index in [0.717, 1.165) is 10.0 Å². The molecule has 0 spiro atoms. The Labute approximate surface area is 184 Å². The maximum Gasteiger partial charge on any atom is 0.266 e. The number of halogens is 2. The third kappa shape index (κ3) is 5.14. The molecule has 1 aliphatic heterocycles. The first-order valence-corrected chi connectivity index (χ1v) is 10.5. The zero-order valence-corrected chi connectivity index (χ0v) is 18.3. The fraction of sp³-hybridized carbons (Fsp3) is 0.105. The molecule has 1 fully saturated rings. The van der Waals surface area contributed by atoms with Crippen molar-refractivity contribution in [2.24, 2.45) is 0 Å². The third-order valence-electron chi connectivity index (χ3n) is 3.82. The molecule has 2 N–H and O–H groups in total. The summed E-state index contributed by atoms with van der Waals surface area (Å²) in [7, 11) is 0.